The van der Waals surface area contributed by atoms with Crippen molar-refractivity contribution in [3.8, 4) is 5.75 Å². The van der Waals surface area contributed by atoms with E-state index in [9.17, 15) is 9.59 Å². The van der Waals surface area contributed by atoms with E-state index in [0.29, 0.717) is 6.67 Å². The highest BCUT2D eigenvalue weighted by Crippen LogP contribution is 2.38. The molecule has 1 N–H and O–H groups in total. The van der Waals surface area contributed by atoms with Gasteiger partial charge in [-0.1, -0.05) is 19.8 Å². The molecule has 1 aliphatic carbocycles. The molecular formula is C22H32N4O3. The minimum atomic E-state index is -0.670. The van der Waals surface area contributed by atoms with Crippen LogP contribution in [0.5, 0.6) is 5.75 Å². The zero-order valence-electron chi connectivity index (χ0n) is 17.5. The first-order valence-electron chi connectivity index (χ1n) is 10.8. The molecule has 4 rings (SSSR count). The minimum Gasteiger partial charge on any atom is -0.497 e. The van der Waals surface area contributed by atoms with Gasteiger partial charge in [0.15, 0.2) is 0 Å². The van der Waals surface area contributed by atoms with Crippen molar-refractivity contribution in [1.82, 2.24) is 15.1 Å². The first-order chi connectivity index (χ1) is 14.0. The number of carbonyl (C=O) groups is 2. The number of anilines is 1. The van der Waals surface area contributed by atoms with Gasteiger partial charge in [-0.2, -0.15) is 0 Å². The van der Waals surface area contributed by atoms with Gasteiger partial charge >= 0.3 is 6.03 Å². The van der Waals surface area contributed by atoms with Gasteiger partial charge in [0.2, 0.25) is 0 Å². The number of hydrogen-bond donors (Lipinski definition) is 1. The molecule has 158 valence electrons. The molecule has 1 aromatic carbocycles. The quantitative estimate of drug-likeness (QED) is 0.788. The molecule has 7 nitrogen and oxygen atoms in total. The molecule has 0 unspecified atom stereocenters. The highest BCUT2D eigenvalue weighted by Gasteiger charge is 2.55. The molecule has 1 saturated carbocycles. The number of amides is 3. The van der Waals surface area contributed by atoms with Gasteiger partial charge in [-0.05, 0) is 49.4 Å². The summed E-state index contributed by atoms with van der Waals surface area (Å²) in [4.78, 5) is 31.9. The number of carbonyl (C=O) groups excluding carboxylic acids is 2. The summed E-state index contributed by atoms with van der Waals surface area (Å²) < 4.78 is 5.25. The average Bonchev–Trinajstić information content (AvgIpc) is 2.89. The van der Waals surface area contributed by atoms with Crippen LogP contribution >= 0.6 is 0 Å². The van der Waals surface area contributed by atoms with E-state index in [2.05, 4.69) is 34.2 Å². The normalized spacial score (nSPS) is 28.6. The Balaban J connectivity index is 1.38. The van der Waals surface area contributed by atoms with E-state index in [1.165, 1.54) is 10.6 Å². The van der Waals surface area contributed by atoms with Crippen molar-refractivity contribution < 1.29 is 14.3 Å². The second-order valence-electron chi connectivity index (χ2n) is 8.58. The molecule has 2 heterocycles. The zero-order valence-corrected chi connectivity index (χ0v) is 17.5. The maximum atomic E-state index is 13.2. The van der Waals surface area contributed by atoms with Crippen molar-refractivity contribution in [2.45, 2.75) is 44.6 Å². The van der Waals surface area contributed by atoms with E-state index in [4.69, 9.17) is 4.74 Å². The van der Waals surface area contributed by atoms with E-state index in [1.807, 2.05) is 12.1 Å². The van der Waals surface area contributed by atoms with Gasteiger partial charge in [0.05, 0.1) is 13.8 Å². The van der Waals surface area contributed by atoms with Crippen LogP contribution in [-0.2, 0) is 4.79 Å². The Bertz CT molecular complexity index is 753. The van der Waals surface area contributed by atoms with Crippen LogP contribution in [0.25, 0.3) is 0 Å². The van der Waals surface area contributed by atoms with Crippen molar-refractivity contribution in [2.24, 2.45) is 5.92 Å². The van der Waals surface area contributed by atoms with Crippen LogP contribution in [-0.4, -0.2) is 67.2 Å². The summed E-state index contributed by atoms with van der Waals surface area (Å²) in [5, 5.41) is 3.06. The molecule has 1 spiro atoms. The Morgan fingerprint density at radius 1 is 1.07 bits per heavy atom. The standard InChI is InChI=1S/C22H32N4O3/c1-17-6-3-4-11-22(17)20(27)26(21(28)23-22)16-24-12-5-13-25(15-14-24)18-7-9-19(29-2)10-8-18/h7-10,17H,3-6,11-16H2,1-2H3,(H,23,28)/t17-,22+/m0/s1. The maximum absolute atomic E-state index is 13.2. The van der Waals surface area contributed by atoms with Gasteiger partial charge in [-0.15, -0.1) is 0 Å². The average molecular weight is 401 g/mol. The summed E-state index contributed by atoms with van der Waals surface area (Å²) in [5.41, 5.74) is 0.508. The number of rotatable bonds is 4. The van der Waals surface area contributed by atoms with Crippen molar-refractivity contribution >= 4 is 17.6 Å². The number of nitrogens with one attached hydrogen (secondary N) is 1. The predicted octanol–water partition coefficient (Wildman–Crippen LogP) is 2.67. The highest BCUT2D eigenvalue weighted by atomic mass is 16.5. The van der Waals surface area contributed by atoms with Crippen molar-refractivity contribution in [3.63, 3.8) is 0 Å². The molecule has 29 heavy (non-hydrogen) atoms. The van der Waals surface area contributed by atoms with Gasteiger partial charge < -0.3 is 15.0 Å². The molecule has 2 aliphatic heterocycles. The van der Waals surface area contributed by atoms with Gasteiger partial charge in [0.1, 0.15) is 11.3 Å². The molecular weight excluding hydrogens is 368 g/mol. The van der Waals surface area contributed by atoms with Crippen molar-refractivity contribution in [1.29, 1.82) is 0 Å². The molecule has 0 bridgehead atoms. The molecule has 3 aliphatic rings. The lowest BCUT2D eigenvalue weighted by molar-refractivity contribution is -0.135. The van der Waals surface area contributed by atoms with E-state index in [-0.39, 0.29) is 17.9 Å². The van der Waals surface area contributed by atoms with Gasteiger partial charge in [-0.3, -0.25) is 9.69 Å². The summed E-state index contributed by atoms with van der Waals surface area (Å²) in [5.74, 6) is 1.04. The fourth-order valence-corrected chi connectivity index (χ4v) is 4.99. The van der Waals surface area contributed by atoms with Crippen LogP contribution in [0, 0.1) is 5.92 Å². The second kappa shape index (κ2) is 8.22. The van der Waals surface area contributed by atoms with Crippen LogP contribution in [0.2, 0.25) is 0 Å². The first kappa shape index (κ1) is 20.0. The number of nitrogens with zero attached hydrogens (tertiary/aromatic N) is 3. The smallest absolute Gasteiger partial charge is 0.326 e. The van der Waals surface area contributed by atoms with Crippen LogP contribution in [0.15, 0.2) is 24.3 Å². The van der Waals surface area contributed by atoms with Gasteiger partial charge in [0, 0.05) is 31.9 Å². The van der Waals surface area contributed by atoms with Crippen LogP contribution < -0.4 is 15.0 Å². The number of hydrogen-bond acceptors (Lipinski definition) is 5. The molecule has 3 fully saturated rings. The van der Waals surface area contributed by atoms with E-state index in [0.717, 1.165) is 64.0 Å². The van der Waals surface area contributed by atoms with Crippen molar-refractivity contribution in [3.05, 3.63) is 24.3 Å². The first-order valence-corrected chi connectivity index (χ1v) is 10.8. The highest BCUT2D eigenvalue weighted by molar-refractivity contribution is 6.07. The van der Waals surface area contributed by atoms with E-state index in [1.54, 1.807) is 7.11 Å². The van der Waals surface area contributed by atoms with Gasteiger partial charge in [0.25, 0.3) is 5.91 Å². The Hall–Kier alpha value is -2.28. The number of methoxy groups -OCH3 is 1. The topological polar surface area (TPSA) is 65.1 Å². The maximum Gasteiger partial charge on any atom is 0.326 e. The monoisotopic (exact) mass is 400 g/mol. The Kier molecular flexibility index (Phi) is 5.67. The number of imide groups is 1. The van der Waals surface area contributed by atoms with Crippen LogP contribution in [0.3, 0.4) is 0 Å². The van der Waals surface area contributed by atoms with Crippen molar-refractivity contribution in [2.75, 3.05) is 44.9 Å². The van der Waals surface area contributed by atoms with Crippen LogP contribution in [0.1, 0.15) is 39.0 Å². The third-order valence-corrected chi connectivity index (χ3v) is 6.87. The molecule has 3 amide bonds. The molecule has 1 aromatic rings. The lowest BCUT2D eigenvalue weighted by Crippen LogP contribution is -2.54. The molecule has 2 atom stereocenters. The third kappa shape index (κ3) is 3.80. The summed E-state index contributed by atoms with van der Waals surface area (Å²) >= 11 is 0. The largest absolute Gasteiger partial charge is 0.497 e. The summed E-state index contributed by atoms with van der Waals surface area (Å²) in [6.45, 7) is 6.02. The lowest BCUT2D eigenvalue weighted by atomic mass is 9.73. The number of ether oxygens (including phenoxy) is 1. The third-order valence-electron chi connectivity index (χ3n) is 6.87. The summed E-state index contributed by atoms with van der Waals surface area (Å²) in [6.07, 6.45) is 4.90. The summed E-state index contributed by atoms with van der Waals surface area (Å²) in [6, 6.07) is 7.91. The Morgan fingerprint density at radius 2 is 1.86 bits per heavy atom. The predicted molar refractivity (Wildman–Crippen MR) is 112 cm³/mol. The zero-order chi connectivity index (χ0) is 20.4. The SMILES string of the molecule is COc1ccc(N2CCCN(CN3C(=O)N[C@@]4(CCCC[C@@H]4C)C3=O)CC2)cc1. The second-order valence-corrected chi connectivity index (χ2v) is 8.58. The Labute approximate surface area is 173 Å². The molecule has 0 aromatic heterocycles. The molecule has 7 heteroatoms. The van der Waals surface area contributed by atoms with E-state index < -0.39 is 5.54 Å². The fourth-order valence-electron chi connectivity index (χ4n) is 4.99. The van der Waals surface area contributed by atoms with E-state index >= 15 is 0 Å². The molecule has 0 radical (unpaired) electrons. The summed E-state index contributed by atoms with van der Waals surface area (Å²) in [7, 11) is 1.67. The van der Waals surface area contributed by atoms with Crippen LogP contribution in [0.4, 0.5) is 10.5 Å². The number of urea groups is 1. The minimum absolute atomic E-state index is 0.0223. The number of benzene rings is 1. The lowest BCUT2D eigenvalue weighted by Gasteiger charge is -2.37. The molecule has 2 saturated heterocycles. The fraction of sp³-hybridized carbons (Fsp3) is 0.636. The van der Waals surface area contributed by atoms with Gasteiger partial charge in [-0.25, -0.2) is 9.69 Å². The Morgan fingerprint density at radius 3 is 2.59 bits per heavy atom.